The second kappa shape index (κ2) is 7.63. The Morgan fingerprint density at radius 1 is 1.04 bits per heavy atom. The Labute approximate surface area is 165 Å². The first-order valence-electron chi connectivity index (χ1n) is 9.60. The van der Waals surface area contributed by atoms with E-state index in [1.54, 1.807) is 0 Å². The van der Waals surface area contributed by atoms with Crippen molar-refractivity contribution in [1.82, 2.24) is 5.32 Å². The van der Waals surface area contributed by atoms with E-state index in [1.165, 1.54) is 11.6 Å². The zero-order valence-electron chi connectivity index (χ0n) is 17.1. The molecule has 0 spiro atoms. The minimum atomic E-state index is -0.413. The number of nitrogens with one attached hydrogen (secondary N) is 1. The van der Waals surface area contributed by atoms with Crippen LogP contribution in [0.5, 0.6) is 0 Å². The zero-order chi connectivity index (χ0) is 20.5. The fourth-order valence-electron chi connectivity index (χ4n) is 3.15. The lowest BCUT2D eigenvalue weighted by Crippen LogP contribution is -2.23. The van der Waals surface area contributed by atoms with Crippen LogP contribution in [0.25, 0.3) is 11.0 Å². The molecule has 1 heterocycles. The van der Waals surface area contributed by atoms with E-state index in [4.69, 9.17) is 4.42 Å². The van der Waals surface area contributed by atoms with Gasteiger partial charge in [0.05, 0.1) is 0 Å². The number of rotatable bonds is 4. The standard InChI is InChI=1S/C24H27NO3/c1-15(2)17-8-11-21-20(12-17)18(13-22(26)28-21)14-25-23(27)16-6-9-19(10-7-16)24(3,4)5/h6-13,15H,14H2,1-5H3,(H,25,27). The summed E-state index contributed by atoms with van der Waals surface area (Å²) in [6, 6.07) is 14.9. The van der Waals surface area contributed by atoms with E-state index in [2.05, 4.69) is 39.9 Å². The summed E-state index contributed by atoms with van der Waals surface area (Å²) < 4.78 is 5.31. The molecule has 1 aromatic heterocycles. The summed E-state index contributed by atoms with van der Waals surface area (Å²) in [4.78, 5) is 24.5. The van der Waals surface area contributed by atoms with Crippen LogP contribution in [0.3, 0.4) is 0 Å². The third-order valence-electron chi connectivity index (χ3n) is 4.97. The van der Waals surface area contributed by atoms with Crippen molar-refractivity contribution in [3.63, 3.8) is 0 Å². The van der Waals surface area contributed by atoms with Crippen molar-refractivity contribution in [2.45, 2.75) is 52.5 Å². The largest absolute Gasteiger partial charge is 0.423 e. The molecule has 3 rings (SSSR count). The Morgan fingerprint density at radius 2 is 1.71 bits per heavy atom. The normalized spacial score (nSPS) is 11.8. The summed E-state index contributed by atoms with van der Waals surface area (Å²) in [6.45, 7) is 10.9. The molecular weight excluding hydrogens is 350 g/mol. The first kappa shape index (κ1) is 19.9. The molecule has 1 amide bonds. The minimum Gasteiger partial charge on any atom is -0.423 e. The highest BCUT2D eigenvalue weighted by molar-refractivity contribution is 5.94. The Hall–Kier alpha value is -2.88. The lowest BCUT2D eigenvalue weighted by molar-refractivity contribution is 0.0951. The Kier molecular flexibility index (Phi) is 5.41. The topological polar surface area (TPSA) is 59.3 Å². The number of amides is 1. The number of carbonyl (C=O) groups is 1. The molecule has 2 aromatic carbocycles. The lowest BCUT2D eigenvalue weighted by atomic mass is 9.87. The molecule has 0 aliphatic carbocycles. The van der Waals surface area contributed by atoms with E-state index in [0.29, 0.717) is 17.1 Å². The predicted molar refractivity (Wildman–Crippen MR) is 113 cm³/mol. The van der Waals surface area contributed by atoms with Gasteiger partial charge in [-0.3, -0.25) is 4.79 Å². The predicted octanol–water partition coefficient (Wildman–Crippen LogP) is 5.14. The van der Waals surface area contributed by atoms with E-state index < -0.39 is 5.63 Å². The average Bonchev–Trinajstić information content (AvgIpc) is 2.64. The second-order valence-corrected chi connectivity index (χ2v) is 8.51. The van der Waals surface area contributed by atoms with Crippen molar-refractivity contribution in [3.05, 3.63) is 81.2 Å². The van der Waals surface area contributed by atoms with Crippen molar-refractivity contribution >= 4 is 16.9 Å². The highest BCUT2D eigenvalue weighted by Gasteiger charge is 2.15. The van der Waals surface area contributed by atoms with Gasteiger partial charge >= 0.3 is 5.63 Å². The number of carbonyl (C=O) groups excluding carboxylic acids is 1. The van der Waals surface area contributed by atoms with Crippen molar-refractivity contribution in [2.75, 3.05) is 0 Å². The zero-order valence-corrected chi connectivity index (χ0v) is 17.1. The molecule has 28 heavy (non-hydrogen) atoms. The van der Waals surface area contributed by atoms with E-state index in [0.717, 1.165) is 16.5 Å². The van der Waals surface area contributed by atoms with Crippen LogP contribution in [0.4, 0.5) is 0 Å². The Balaban J connectivity index is 1.83. The molecular formula is C24H27NO3. The van der Waals surface area contributed by atoms with E-state index in [-0.39, 0.29) is 17.9 Å². The van der Waals surface area contributed by atoms with Gasteiger partial charge in [0.2, 0.25) is 0 Å². The molecule has 3 aromatic rings. The van der Waals surface area contributed by atoms with Gasteiger partial charge in [-0.25, -0.2) is 4.79 Å². The summed E-state index contributed by atoms with van der Waals surface area (Å²) in [5, 5.41) is 3.78. The van der Waals surface area contributed by atoms with Gasteiger partial charge in [-0.15, -0.1) is 0 Å². The van der Waals surface area contributed by atoms with Crippen LogP contribution < -0.4 is 10.9 Å². The third-order valence-corrected chi connectivity index (χ3v) is 4.97. The first-order valence-corrected chi connectivity index (χ1v) is 9.60. The van der Waals surface area contributed by atoms with Gasteiger partial charge in [0, 0.05) is 23.6 Å². The molecule has 0 radical (unpaired) electrons. The monoisotopic (exact) mass is 377 g/mol. The van der Waals surface area contributed by atoms with Gasteiger partial charge in [-0.2, -0.15) is 0 Å². The Morgan fingerprint density at radius 3 is 2.32 bits per heavy atom. The first-order chi connectivity index (χ1) is 13.1. The van der Waals surface area contributed by atoms with Crippen molar-refractivity contribution in [1.29, 1.82) is 0 Å². The molecule has 0 aliphatic heterocycles. The highest BCUT2D eigenvalue weighted by Crippen LogP contribution is 2.24. The number of hydrogen-bond donors (Lipinski definition) is 1. The number of fused-ring (bicyclic) bond motifs is 1. The van der Waals surface area contributed by atoms with E-state index in [1.807, 2.05) is 42.5 Å². The molecule has 0 fully saturated rings. The molecule has 0 aliphatic rings. The second-order valence-electron chi connectivity index (χ2n) is 8.51. The smallest absolute Gasteiger partial charge is 0.336 e. The van der Waals surface area contributed by atoms with Gasteiger partial charge in [0.25, 0.3) is 5.91 Å². The Bertz CT molecular complexity index is 1050. The molecule has 4 heteroatoms. The number of hydrogen-bond acceptors (Lipinski definition) is 3. The summed E-state index contributed by atoms with van der Waals surface area (Å²) in [7, 11) is 0. The van der Waals surface area contributed by atoms with Crippen LogP contribution >= 0.6 is 0 Å². The maximum absolute atomic E-state index is 12.6. The molecule has 4 nitrogen and oxygen atoms in total. The molecule has 146 valence electrons. The average molecular weight is 377 g/mol. The molecule has 0 saturated heterocycles. The van der Waals surface area contributed by atoms with Crippen LogP contribution in [0.1, 0.15) is 67.6 Å². The summed E-state index contributed by atoms with van der Waals surface area (Å²) in [6.07, 6.45) is 0. The summed E-state index contributed by atoms with van der Waals surface area (Å²) in [5.41, 5.74) is 3.86. The molecule has 0 saturated carbocycles. The van der Waals surface area contributed by atoms with Gasteiger partial charge in [-0.1, -0.05) is 52.8 Å². The lowest BCUT2D eigenvalue weighted by Gasteiger charge is -2.19. The van der Waals surface area contributed by atoms with Crippen LogP contribution in [0.2, 0.25) is 0 Å². The minimum absolute atomic E-state index is 0.0418. The maximum atomic E-state index is 12.6. The van der Waals surface area contributed by atoms with Gasteiger partial charge in [0.15, 0.2) is 0 Å². The van der Waals surface area contributed by atoms with Crippen molar-refractivity contribution in [3.8, 4) is 0 Å². The number of benzene rings is 2. The fraction of sp³-hybridized carbons (Fsp3) is 0.333. The van der Waals surface area contributed by atoms with Crippen LogP contribution in [0.15, 0.2) is 57.7 Å². The van der Waals surface area contributed by atoms with Gasteiger partial charge in [-0.05, 0) is 52.3 Å². The van der Waals surface area contributed by atoms with Crippen LogP contribution in [0, 0.1) is 0 Å². The van der Waals surface area contributed by atoms with Gasteiger partial charge < -0.3 is 9.73 Å². The van der Waals surface area contributed by atoms with Gasteiger partial charge in [0.1, 0.15) is 5.58 Å². The summed E-state index contributed by atoms with van der Waals surface area (Å²) >= 11 is 0. The summed E-state index contributed by atoms with van der Waals surface area (Å²) in [5.74, 6) is 0.196. The molecule has 1 N–H and O–H groups in total. The third kappa shape index (κ3) is 4.33. The van der Waals surface area contributed by atoms with Crippen LogP contribution in [-0.4, -0.2) is 5.91 Å². The molecule has 0 unspecified atom stereocenters. The van der Waals surface area contributed by atoms with Crippen LogP contribution in [-0.2, 0) is 12.0 Å². The fourth-order valence-corrected chi connectivity index (χ4v) is 3.15. The van der Waals surface area contributed by atoms with E-state index >= 15 is 0 Å². The van der Waals surface area contributed by atoms with Crippen molar-refractivity contribution in [2.24, 2.45) is 0 Å². The SMILES string of the molecule is CC(C)c1ccc2oc(=O)cc(CNC(=O)c3ccc(C(C)(C)C)cc3)c2c1. The van der Waals surface area contributed by atoms with E-state index in [9.17, 15) is 9.59 Å². The quantitative estimate of drug-likeness (QED) is 0.640. The van der Waals surface area contributed by atoms with Crippen molar-refractivity contribution < 1.29 is 9.21 Å². The maximum Gasteiger partial charge on any atom is 0.336 e. The highest BCUT2D eigenvalue weighted by atomic mass is 16.4. The molecule has 0 bridgehead atoms. The molecule has 0 atom stereocenters.